The van der Waals surface area contributed by atoms with E-state index in [9.17, 15) is 22.4 Å². The fraction of sp³-hybridized carbons (Fsp3) is 0.200. The molecule has 26 heavy (non-hydrogen) atoms. The highest BCUT2D eigenvalue weighted by molar-refractivity contribution is 7.15. The molecule has 0 saturated heterocycles. The van der Waals surface area contributed by atoms with Gasteiger partial charge in [-0.25, -0.2) is 9.07 Å². The summed E-state index contributed by atoms with van der Waals surface area (Å²) >= 11 is 0.271. The first kappa shape index (κ1) is 18.0. The molecule has 0 bridgehead atoms. The van der Waals surface area contributed by atoms with Crippen LogP contribution in [-0.2, 0) is 6.18 Å². The van der Waals surface area contributed by atoms with E-state index >= 15 is 0 Å². The van der Waals surface area contributed by atoms with Crippen LogP contribution in [-0.4, -0.2) is 32.9 Å². The molecule has 0 unspecified atom stereocenters. The number of alkyl halides is 3. The Morgan fingerprint density at radius 1 is 1.19 bits per heavy atom. The van der Waals surface area contributed by atoms with Gasteiger partial charge in [0, 0.05) is 7.05 Å². The normalized spacial score (nSPS) is 11.6. The van der Waals surface area contributed by atoms with Crippen molar-refractivity contribution in [2.24, 2.45) is 0 Å². The molecule has 136 valence electrons. The first-order valence-corrected chi connectivity index (χ1v) is 7.99. The summed E-state index contributed by atoms with van der Waals surface area (Å²) in [5, 5.41) is 9.25. The number of hydrogen-bond acceptors (Lipinski definition) is 5. The molecule has 3 aromatic rings. The number of rotatable bonds is 3. The van der Waals surface area contributed by atoms with Gasteiger partial charge in [0.25, 0.3) is 5.91 Å². The highest BCUT2D eigenvalue weighted by Crippen LogP contribution is 2.34. The van der Waals surface area contributed by atoms with Crippen molar-refractivity contribution in [3.63, 3.8) is 0 Å². The number of aromatic nitrogens is 4. The van der Waals surface area contributed by atoms with Crippen LogP contribution >= 0.6 is 11.3 Å². The second-order valence-electron chi connectivity index (χ2n) is 5.28. The first-order valence-electron chi connectivity index (χ1n) is 7.18. The van der Waals surface area contributed by atoms with E-state index in [4.69, 9.17) is 0 Å². The van der Waals surface area contributed by atoms with Gasteiger partial charge in [-0.15, -0.1) is 10.2 Å². The Labute approximate surface area is 148 Å². The minimum atomic E-state index is -4.62. The van der Waals surface area contributed by atoms with Crippen LogP contribution in [0.1, 0.15) is 21.1 Å². The van der Waals surface area contributed by atoms with Crippen molar-refractivity contribution in [3.8, 4) is 5.69 Å². The van der Waals surface area contributed by atoms with Crippen molar-refractivity contribution in [2.45, 2.75) is 13.1 Å². The Hall–Kier alpha value is -2.82. The molecule has 3 rings (SSSR count). The monoisotopic (exact) mass is 385 g/mol. The number of amides is 1. The maximum absolute atomic E-state index is 13.0. The molecule has 1 amide bonds. The van der Waals surface area contributed by atoms with Gasteiger partial charge in [-0.2, -0.15) is 18.3 Å². The van der Waals surface area contributed by atoms with Crippen LogP contribution < -0.4 is 4.90 Å². The molecule has 0 saturated carbocycles. The largest absolute Gasteiger partial charge is 0.445 e. The zero-order chi connectivity index (χ0) is 19.1. The molecule has 11 heteroatoms. The Kier molecular flexibility index (Phi) is 4.48. The van der Waals surface area contributed by atoms with E-state index in [1.165, 1.54) is 42.2 Å². The van der Waals surface area contributed by atoms with Gasteiger partial charge in [0.2, 0.25) is 10.1 Å². The molecule has 1 aromatic carbocycles. The van der Waals surface area contributed by atoms with Gasteiger partial charge in [0.1, 0.15) is 5.82 Å². The number of hydrogen-bond donors (Lipinski definition) is 0. The summed E-state index contributed by atoms with van der Waals surface area (Å²) in [5.74, 6) is -0.993. The van der Waals surface area contributed by atoms with E-state index in [2.05, 4.69) is 15.3 Å². The van der Waals surface area contributed by atoms with E-state index in [1.54, 1.807) is 6.92 Å². The van der Waals surface area contributed by atoms with Crippen molar-refractivity contribution in [1.29, 1.82) is 0 Å². The lowest BCUT2D eigenvalue weighted by Gasteiger charge is -2.13. The minimum Gasteiger partial charge on any atom is -0.286 e. The minimum absolute atomic E-state index is 0.181. The molecule has 0 radical (unpaired) electrons. The fourth-order valence-corrected chi connectivity index (χ4v) is 2.87. The molecule has 0 spiro atoms. The second kappa shape index (κ2) is 6.48. The summed E-state index contributed by atoms with van der Waals surface area (Å²) in [6.07, 6.45) is -3.33. The molecule has 0 N–H and O–H groups in total. The summed E-state index contributed by atoms with van der Waals surface area (Å²) < 4.78 is 52.4. The van der Waals surface area contributed by atoms with E-state index in [-0.39, 0.29) is 22.0 Å². The van der Waals surface area contributed by atoms with Crippen LogP contribution in [0, 0.1) is 12.7 Å². The smallest absolute Gasteiger partial charge is 0.286 e. The summed E-state index contributed by atoms with van der Waals surface area (Å²) in [6, 6.07) is 5.50. The Morgan fingerprint density at radius 3 is 2.42 bits per heavy atom. The molecule has 0 aliphatic rings. The van der Waals surface area contributed by atoms with Gasteiger partial charge < -0.3 is 0 Å². The number of carbonyl (C=O) groups is 1. The SMILES string of the molecule is Cc1c(C(=O)N(C)c2nnc(C(F)(F)F)s2)cnn1-c1ccc(F)cc1. The molecular formula is C15H11F4N5OS. The summed E-state index contributed by atoms with van der Waals surface area (Å²) in [4.78, 5) is 13.6. The summed E-state index contributed by atoms with van der Waals surface area (Å²) in [7, 11) is 1.30. The third kappa shape index (κ3) is 3.29. The number of benzene rings is 1. The van der Waals surface area contributed by atoms with Crippen LogP contribution in [0.2, 0.25) is 0 Å². The predicted molar refractivity (Wildman–Crippen MR) is 85.9 cm³/mol. The third-order valence-corrected chi connectivity index (χ3v) is 4.60. The Morgan fingerprint density at radius 2 is 1.85 bits per heavy atom. The fourth-order valence-electron chi connectivity index (χ4n) is 2.20. The standard InChI is InChI=1S/C15H11F4N5OS/c1-8-11(7-20-24(8)10-5-3-9(16)4-6-10)12(25)23(2)14-22-21-13(26-14)15(17,18)19/h3-7H,1-2H3. The van der Waals surface area contributed by atoms with Crippen LogP contribution in [0.15, 0.2) is 30.5 Å². The number of carbonyl (C=O) groups excluding carboxylic acids is 1. The Balaban J connectivity index is 1.88. The molecule has 2 aromatic heterocycles. The number of halogens is 4. The molecular weight excluding hydrogens is 374 g/mol. The van der Waals surface area contributed by atoms with Gasteiger partial charge in [0.15, 0.2) is 0 Å². The van der Waals surface area contributed by atoms with Crippen LogP contribution in [0.5, 0.6) is 0 Å². The van der Waals surface area contributed by atoms with Crippen LogP contribution in [0.25, 0.3) is 5.69 Å². The molecule has 2 heterocycles. The van der Waals surface area contributed by atoms with E-state index in [0.29, 0.717) is 11.4 Å². The molecule has 0 atom stereocenters. The lowest BCUT2D eigenvalue weighted by molar-refractivity contribution is -0.138. The van der Waals surface area contributed by atoms with Gasteiger partial charge in [-0.05, 0) is 31.2 Å². The average molecular weight is 385 g/mol. The quantitative estimate of drug-likeness (QED) is 0.648. The van der Waals surface area contributed by atoms with Crippen molar-refractivity contribution >= 4 is 22.4 Å². The molecule has 6 nitrogen and oxygen atoms in total. The van der Waals surface area contributed by atoms with E-state index < -0.39 is 22.9 Å². The van der Waals surface area contributed by atoms with E-state index in [1.807, 2.05) is 0 Å². The Bertz CT molecular complexity index is 948. The predicted octanol–water partition coefficient (Wildman–Crippen LogP) is 3.47. The lowest BCUT2D eigenvalue weighted by atomic mass is 10.2. The highest BCUT2D eigenvalue weighted by atomic mass is 32.1. The average Bonchev–Trinajstić information content (AvgIpc) is 3.21. The maximum Gasteiger partial charge on any atom is 0.445 e. The van der Waals surface area contributed by atoms with Crippen LogP contribution in [0.4, 0.5) is 22.7 Å². The molecule has 0 aliphatic heterocycles. The molecule has 0 aliphatic carbocycles. The zero-order valence-corrected chi connectivity index (χ0v) is 14.3. The highest BCUT2D eigenvalue weighted by Gasteiger charge is 2.36. The maximum atomic E-state index is 13.0. The van der Waals surface area contributed by atoms with E-state index in [0.717, 1.165) is 4.90 Å². The van der Waals surface area contributed by atoms with Crippen molar-refractivity contribution < 1.29 is 22.4 Å². The lowest BCUT2D eigenvalue weighted by Crippen LogP contribution is -2.26. The number of anilines is 1. The topological polar surface area (TPSA) is 63.9 Å². The van der Waals surface area contributed by atoms with Gasteiger partial charge in [-0.3, -0.25) is 9.69 Å². The molecule has 0 fully saturated rings. The van der Waals surface area contributed by atoms with Gasteiger partial charge in [0.05, 0.1) is 23.1 Å². The van der Waals surface area contributed by atoms with Crippen molar-refractivity contribution in [2.75, 3.05) is 11.9 Å². The summed E-state index contributed by atoms with van der Waals surface area (Å²) in [5.41, 5.74) is 1.18. The van der Waals surface area contributed by atoms with Crippen LogP contribution in [0.3, 0.4) is 0 Å². The van der Waals surface area contributed by atoms with Crippen molar-refractivity contribution in [3.05, 3.63) is 52.5 Å². The van der Waals surface area contributed by atoms with Crippen molar-refractivity contribution in [1.82, 2.24) is 20.0 Å². The van der Waals surface area contributed by atoms with Gasteiger partial charge in [-0.1, -0.05) is 11.3 Å². The zero-order valence-electron chi connectivity index (χ0n) is 13.5. The van der Waals surface area contributed by atoms with Gasteiger partial charge >= 0.3 is 6.18 Å². The summed E-state index contributed by atoms with van der Waals surface area (Å²) in [6.45, 7) is 1.62. The first-order chi connectivity index (χ1) is 12.2. The second-order valence-corrected chi connectivity index (χ2v) is 6.24. The number of nitrogens with zero attached hydrogens (tertiary/aromatic N) is 5. The third-order valence-electron chi connectivity index (χ3n) is 3.56.